The molecule has 4 rings (SSSR count). The minimum Gasteiger partial charge on any atom is -0.459 e. The molecule has 1 saturated heterocycles. The van der Waals surface area contributed by atoms with Crippen LogP contribution in [0.2, 0.25) is 0 Å². The van der Waals surface area contributed by atoms with Crippen LogP contribution in [0.25, 0.3) is 11.3 Å². The summed E-state index contributed by atoms with van der Waals surface area (Å²) in [5.74, 6) is 0.138. The van der Waals surface area contributed by atoms with E-state index in [-0.39, 0.29) is 17.7 Å². The number of thiazole rings is 1. The first-order chi connectivity index (χ1) is 13.6. The molecule has 0 spiro atoms. The molecule has 0 aliphatic carbocycles. The topological polar surface area (TPSA) is 75.4 Å². The van der Waals surface area contributed by atoms with Gasteiger partial charge in [-0.25, -0.2) is 4.98 Å². The number of carbonyl (C=O) groups excluding carboxylic acids is 2. The molecule has 1 aliphatic heterocycles. The fourth-order valence-corrected chi connectivity index (χ4v) is 3.99. The summed E-state index contributed by atoms with van der Waals surface area (Å²) in [7, 11) is 0. The fourth-order valence-electron chi connectivity index (χ4n) is 3.37. The predicted molar refractivity (Wildman–Crippen MR) is 108 cm³/mol. The number of piperidine rings is 1. The number of rotatable bonds is 4. The van der Waals surface area contributed by atoms with Crippen LogP contribution in [0.4, 0.5) is 5.69 Å². The van der Waals surface area contributed by atoms with Crippen LogP contribution in [-0.4, -0.2) is 34.8 Å². The van der Waals surface area contributed by atoms with E-state index in [2.05, 4.69) is 10.3 Å². The molecule has 7 heteroatoms. The second kappa shape index (κ2) is 7.98. The van der Waals surface area contributed by atoms with Crippen LogP contribution in [0.3, 0.4) is 0 Å². The van der Waals surface area contributed by atoms with Gasteiger partial charge in [0.15, 0.2) is 5.76 Å². The Labute approximate surface area is 167 Å². The van der Waals surface area contributed by atoms with Gasteiger partial charge in [-0.15, -0.1) is 11.3 Å². The molecule has 1 aliphatic rings. The number of likely N-dealkylation sites (tertiary alicyclic amines) is 1. The molecule has 3 heterocycles. The van der Waals surface area contributed by atoms with Crippen LogP contribution in [0.5, 0.6) is 0 Å². The number of furan rings is 1. The molecule has 1 N–H and O–H groups in total. The van der Waals surface area contributed by atoms with Gasteiger partial charge in [-0.1, -0.05) is 12.1 Å². The maximum Gasteiger partial charge on any atom is 0.289 e. The lowest BCUT2D eigenvalue weighted by atomic mass is 9.95. The highest BCUT2D eigenvalue weighted by molar-refractivity contribution is 7.09. The van der Waals surface area contributed by atoms with Crippen molar-refractivity contribution < 1.29 is 14.0 Å². The Kier molecular flexibility index (Phi) is 5.25. The number of anilines is 1. The number of hydrogen-bond donors (Lipinski definition) is 1. The maximum atomic E-state index is 12.6. The summed E-state index contributed by atoms with van der Waals surface area (Å²) < 4.78 is 5.17. The minimum absolute atomic E-state index is 0.00218. The first-order valence-corrected chi connectivity index (χ1v) is 10.1. The van der Waals surface area contributed by atoms with Crippen LogP contribution >= 0.6 is 11.3 Å². The molecule has 0 unspecified atom stereocenters. The zero-order valence-corrected chi connectivity index (χ0v) is 16.4. The van der Waals surface area contributed by atoms with E-state index in [4.69, 9.17) is 4.42 Å². The number of amides is 2. The summed E-state index contributed by atoms with van der Waals surface area (Å²) in [6, 6.07) is 11.1. The van der Waals surface area contributed by atoms with Crippen molar-refractivity contribution in [2.45, 2.75) is 19.8 Å². The highest BCUT2D eigenvalue weighted by Crippen LogP contribution is 2.25. The largest absolute Gasteiger partial charge is 0.459 e. The number of nitrogens with zero attached hydrogens (tertiary/aromatic N) is 2. The van der Waals surface area contributed by atoms with Gasteiger partial charge < -0.3 is 14.6 Å². The Morgan fingerprint density at radius 1 is 1.18 bits per heavy atom. The first-order valence-electron chi connectivity index (χ1n) is 9.26. The monoisotopic (exact) mass is 395 g/mol. The lowest BCUT2D eigenvalue weighted by Gasteiger charge is -2.30. The van der Waals surface area contributed by atoms with E-state index in [1.165, 1.54) is 6.26 Å². The van der Waals surface area contributed by atoms with Crippen LogP contribution in [0.1, 0.15) is 28.4 Å². The number of carbonyl (C=O) groups is 2. The Morgan fingerprint density at radius 2 is 1.93 bits per heavy atom. The van der Waals surface area contributed by atoms with Gasteiger partial charge in [0.05, 0.1) is 17.0 Å². The van der Waals surface area contributed by atoms with E-state index in [1.54, 1.807) is 28.4 Å². The van der Waals surface area contributed by atoms with Gasteiger partial charge in [0.1, 0.15) is 0 Å². The molecule has 0 atom stereocenters. The van der Waals surface area contributed by atoms with E-state index >= 15 is 0 Å². The molecule has 0 bridgehead atoms. The lowest BCUT2D eigenvalue weighted by Crippen LogP contribution is -2.41. The van der Waals surface area contributed by atoms with Crippen molar-refractivity contribution in [3.8, 4) is 11.3 Å². The summed E-state index contributed by atoms with van der Waals surface area (Å²) in [4.78, 5) is 31.1. The quantitative estimate of drug-likeness (QED) is 0.718. The van der Waals surface area contributed by atoms with E-state index in [0.29, 0.717) is 31.7 Å². The molecule has 1 fully saturated rings. The van der Waals surface area contributed by atoms with Gasteiger partial charge in [-0.05, 0) is 44.0 Å². The molecule has 1 aromatic carbocycles. The van der Waals surface area contributed by atoms with Gasteiger partial charge in [0.25, 0.3) is 5.91 Å². The van der Waals surface area contributed by atoms with Crippen LogP contribution in [0, 0.1) is 12.8 Å². The second-order valence-corrected chi connectivity index (χ2v) is 7.92. The van der Waals surface area contributed by atoms with Crippen molar-refractivity contribution in [2.24, 2.45) is 5.92 Å². The molecule has 0 saturated carbocycles. The van der Waals surface area contributed by atoms with E-state index < -0.39 is 0 Å². The van der Waals surface area contributed by atoms with Crippen LogP contribution < -0.4 is 5.32 Å². The average Bonchev–Trinajstić information content (AvgIpc) is 3.40. The SMILES string of the molecule is Cc1nc(-c2ccc(NC(=O)C3CCN(C(=O)c4ccco4)CC3)cc2)cs1. The minimum atomic E-state index is -0.114. The van der Waals surface area contributed by atoms with Gasteiger partial charge >= 0.3 is 0 Å². The molecule has 2 aromatic heterocycles. The zero-order valence-electron chi connectivity index (χ0n) is 15.6. The summed E-state index contributed by atoms with van der Waals surface area (Å²) >= 11 is 1.62. The van der Waals surface area contributed by atoms with Gasteiger partial charge in [-0.3, -0.25) is 9.59 Å². The highest BCUT2D eigenvalue weighted by Gasteiger charge is 2.28. The maximum absolute atomic E-state index is 12.6. The summed E-state index contributed by atoms with van der Waals surface area (Å²) in [5.41, 5.74) is 2.76. The Bertz CT molecular complexity index is 955. The summed E-state index contributed by atoms with van der Waals surface area (Å²) in [6.45, 7) is 3.09. The fraction of sp³-hybridized carbons (Fsp3) is 0.286. The summed E-state index contributed by atoms with van der Waals surface area (Å²) in [6.07, 6.45) is 2.79. The molecule has 2 amide bonds. The predicted octanol–water partition coefficient (Wildman–Crippen LogP) is 4.20. The standard InChI is InChI=1S/C21H21N3O3S/c1-14-22-18(13-28-14)15-4-6-17(7-5-15)23-20(25)16-8-10-24(11-9-16)21(26)19-3-2-12-27-19/h2-7,12-13,16H,8-11H2,1H3,(H,23,25). The molecule has 6 nitrogen and oxygen atoms in total. The molecular weight excluding hydrogens is 374 g/mol. The number of aryl methyl sites for hydroxylation is 1. The zero-order chi connectivity index (χ0) is 19.5. The molecule has 144 valence electrons. The van der Waals surface area contributed by atoms with Crippen molar-refractivity contribution in [3.05, 3.63) is 58.8 Å². The number of nitrogens with one attached hydrogen (secondary N) is 1. The second-order valence-electron chi connectivity index (χ2n) is 6.86. The van der Waals surface area contributed by atoms with Gasteiger partial charge in [0.2, 0.25) is 5.91 Å². The Hall–Kier alpha value is -2.93. The van der Waals surface area contributed by atoms with Crippen molar-refractivity contribution in [2.75, 3.05) is 18.4 Å². The van der Waals surface area contributed by atoms with Crippen molar-refractivity contribution in [1.29, 1.82) is 0 Å². The Morgan fingerprint density at radius 3 is 2.54 bits per heavy atom. The van der Waals surface area contributed by atoms with Gasteiger partial charge in [-0.2, -0.15) is 0 Å². The van der Waals surface area contributed by atoms with Crippen molar-refractivity contribution in [3.63, 3.8) is 0 Å². The van der Waals surface area contributed by atoms with Crippen molar-refractivity contribution >= 4 is 28.8 Å². The van der Waals surface area contributed by atoms with Crippen LogP contribution in [0.15, 0.2) is 52.5 Å². The first kappa shape index (κ1) is 18.4. The van der Waals surface area contributed by atoms with E-state index in [9.17, 15) is 9.59 Å². The third-order valence-electron chi connectivity index (χ3n) is 4.95. The smallest absolute Gasteiger partial charge is 0.289 e. The Balaban J connectivity index is 1.31. The average molecular weight is 395 g/mol. The highest BCUT2D eigenvalue weighted by atomic mass is 32.1. The molecular formula is C21H21N3O3S. The molecule has 28 heavy (non-hydrogen) atoms. The number of hydrogen-bond acceptors (Lipinski definition) is 5. The third-order valence-corrected chi connectivity index (χ3v) is 5.73. The third kappa shape index (κ3) is 3.99. The van der Waals surface area contributed by atoms with E-state index in [0.717, 1.165) is 22.0 Å². The molecule has 3 aromatic rings. The number of aromatic nitrogens is 1. The lowest BCUT2D eigenvalue weighted by molar-refractivity contribution is -0.121. The normalized spacial score (nSPS) is 14.8. The summed E-state index contributed by atoms with van der Waals surface area (Å²) in [5, 5.41) is 6.05. The number of benzene rings is 1. The van der Waals surface area contributed by atoms with Gasteiger partial charge in [0, 0.05) is 35.6 Å². The molecule has 0 radical (unpaired) electrons. The van der Waals surface area contributed by atoms with E-state index in [1.807, 2.05) is 36.6 Å². The van der Waals surface area contributed by atoms with Crippen molar-refractivity contribution in [1.82, 2.24) is 9.88 Å². The van der Waals surface area contributed by atoms with Crippen LogP contribution in [-0.2, 0) is 4.79 Å².